The number of fused-ring (bicyclic) bond motifs is 1. The van der Waals surface area contributed by atoms with Gasteiger partial charge in [0.05, 0.1) is 16.2 Å². The average molecular weight is 386 g/mol. The van der Waals surface area contributed by atoms with Gasteiger partial charge in [-0.1, -0.05) is 19.1 Å². The van der Waals surface area contributed by atoms with Gasteiger partial charge in [-0.05, 0) is 24.6 Å². The number of nitrogens with zero attached hydrogens (tertiary/aromatic N) is 2. The molecule has 0 aliphatic carbocycles. The number of amides is 1. The van der Waals surface area contributed by atoms with Crippen LogP contribution in [0.3, 0.4) is 0 Å². The van der Waals surface area contributed by atoms with Crippen LogP contribution in [-0.2, 0) is 4.79 Å². The van der Waals surface area contributed by atoms with E-state index in [1.807, 2.05) is 24.3 Å². The highest BCUT2D eigenvalue weighted by Crippen LogP contribution is 2.37. The quantitative estimate of drug-likeness (QED) is 0.442. The van der Waals surface area contributed by atoms with Gasteiger partial charge in [-0.3, -0.25) is 19.7 Å². The van der Waals surface area contributed by atoms with E-state index in [1.54, 1.807) is 16.7 Å². The molecule has 0 spiro atoms. The molecule has 140 valence electrons. The van der Waals surface area contributed by atoms with Crippen molar-refractivity contribution in [1.29, 1.82) is 0 Å². The highest BCUT2D eigenvalue weighted by Gasteiger charge is 2.24. The van der Waals surface area contributed by atoms with Crippen molar-refractivity contribution in [2.75, 3.05) is 18.1 Å². The number of nitro groups is 1. The lowest BCUT2D eigenvalue weighted by Crippen LogP contribution is -2.36. The summed E-state index contributed by atoms with van der Waals surface area (Å²) in [7, 11) is 0. The molecule has 8 heteroatoms. The first-order valence-electron chi connectivity index (χ1n) is 8.42. The van der Waals surface area contributed by atoms with Crippen LogP contribution >= 0.6 is 11.8 Å². The second kappa shape index (κ2) is 8.22. The van der Waals surface area contributed by atoms with E-state index in [1.165, 1.54) is 12.1 Å². The summed E-state index contributed by atoms with van der Waals surface area (Å²) < 4.78 is 5.51. The third kappa shape index (κ3) is 4.28. The highest BCUT2D eigenvalue weighted by atomic mass is 32.2. The molecular formula is C19H18N2O5S. The highest BCUT2D eigenvalue weighted by molar-refractivity contribution is 8.00. The SMILES string of the molecule is C[C@@H]1CCN(C(=O)COc2ccc([N+](=O)[O-])cc2C=O)c2ccccc2S1. The Hall–Kier alpha value is -2.87. The van der Waals surface area contributed by atoms with Gasteiger partial charge in [0, 0.05) is 28.8 Å². The van der Waals surface area contributed by atoms with Crippen molar-refractivity contribution in [2.24, 2.45) is 0 Å². The predicted molar refractivity (Wildman–Crippen MR) is 103 cm³/mol. The maximum atomic E-state index is 12.8. The van der Waals surface area contributed by atoms with Crippen LogP contribution in [0.4, 0.5) is 11.4 Å². The standard InChI is InChI=1S/C19H18N2O5S/c1-13-8-9-20(16-4-2-3-5-18(16)27-13)19(23)12-26-17-7-6-15(21(24)25)10-14(17)11-22/h2-7,10-11,13H,8-9,12H2,1H3/t13-/m1/s1. The Morgan fingerprint density at radius 1 is 1.37 bits per heavy atom. The van der Waals surface area contributed by atoms with E-state index in [9.17, 15) is 19.7 Å². The smallest absolute Gasteiger partial charge is 0.270 e. The Bertz CT molecular complexity index is 886. The molecule has 0 saturated heterocycles. The lowest BCUT2D eigenvalue weighted by atomic mass is 10.2. The van der Waals surface area contributed by atoms with Crippen LogP contribution in [0.2, 0.25) is 0 Å². The van der Waals surface area contributed by atoms with Crippen LogP contribution in [0.1, 0.15) is 23.7 Å². The molecule has 2 aromatic carbocycles. The van der Waals surface area contributed by atoms with Gasteiger partial charge in [0.15, 0.2) is 12.9 Å². The maximum Gasteiger partial charge on any atom is 0.270 e. The fourth-order valence-electron chi connectivity index (χ4n) is 2.84. The Morgan fingerprint density at radius 2 is 2.15 bits per heavy atom. The first-order valence-corrected chi connectivity index (χ1v) is 9.30. The summed E-state index contributed by atoms with van der Waals surface area (Å²) in [5.74, 6) is -0.0813. The lowest BCUT2D eigenvalue weighted by molar-refractivity contribution is -0.384. The average Bonchev–Trinajstić information content (AvgIpc) is 2.84. The van der Waals surface area contributed by atoms with Crippen molar-refractivity contribution in [3.8, 4) is 5.75 Å². The molecule has 7 nitrogen and oxygen atoms in total. The van der Waals surface area contributed by atoms with E-state index in [-0.39, 0.29) is 29.5 Å². The number of hydrogen-bond acceptors (Lipinski definition) is 6. The maximum absolute atomic E-state index is 12.8. The van der Waals surface area contributed by atoms with Gasteiger partial charge in [0.2, 0.25) is 0 Å². The van der Waals surface area contributed by atoms with Gasteiger partial charge in [0.25, 0.3) is 11.6 Å². The predicted octanol–water partition coefficient (Wildman–Crippen LogP) is 3.70. The molecule has 0 saturated carbocycles. The zero-order valence-electron chi connectivity index (χ0n) is 14.7. The molecule has 0 bridgehead atoms. The summed E-state index contributed by atoms with van der Waals surface area (Å²) in [6.45, 7) is 2.44. The van der Waals surface area contributed by atoms with E-state index in [4.69, 9.17) is 4.74 Å². The molecule has 0 radical (unpaired) electrons. The Kier molecular flexibility index (Phi) is 5.75. The number of para-hydroxylation sites is 1. The molecule has 0 N–H and O–H groups in total. The van der Waals surface area contributed by atoms with Crippen LogP contribution in [-0.4, -0.2) is 35.5 Å². The Balaban J connectivity index is 1.76. The van der Waals surface area contributed by atoms with Gasteiger partial charge >= 0.3 is 0 Å². The molecule has 0 unspecified atom stereocenters. The fourth-order valence-corrected chi connectivity index (χ4v) is 3.95. The number of thioether (sulfide) groups is 1. The molecular weight excluding hydrogens is 368 g/mol. The number of nitro benzene ring substituents is 1. The zero-order chi connectivity index (χ0) is 19.4. The molecule has 27 heavy (non-hydrogen) atoms. The molecule has 1 amide bonds. The Labute approximate surface area is 160 Å². The number of anilines is 1. The number of hydrogen-bond donors (Lipinski definition) is 0. The molecule has 3 rings (SSSR count). The van der Waals surface area contributed by atoms with E-state index >= 15 is 0 Å². The molecule has 1 aliphatic rings. The zero-order valence-corrected chi connectivity index (χ0v) is 15.5. The van der Waals surface area contributed by atoms with Gasteiger partial charge in [-0.25, -0.2) is 0 Å². The van der Waals surface area contributed by atoms with Crippen LogP contribution in [0.15, 0.2) is 47.4 Å². The van der Waals surface area contributed by atoms with Gasteiger partial charge in [-0.15, -0.1) is 11.8 Å². The summed E-state index contributed by atoms with van der Waals surface area (Å²) in [5, 5.41) is 11.2. The van der Waals surface area contributed by atoms with E-state index in [0.717, 1.165) is 23.1 Å². The molecule has 1 heterocycles. The normalized spacial score (nSPS) is 16.2. The first-order chi connectivity index (χ1) is 13.0. The van der Waals surface area contributed by atoms with Crippen molar-refractivity contribution < 1.29 is 19.2 Å². The van der Waals surface area contributed by atoms with Crippen LogP contribution in [0.5, 0.6) is 5.75 Å². The van der Waals surface area contributed by atoms with Gasteiger partial charge in [-0.2, -0.15) is 0 Å². The third-order valence-electron chi connectivity index (χ3n) is 4.23. The monoisotopic (exact) mass is 386 g/mol. The molecule has 1 aliphatic heterocycles. The second-order valence-corrected chi connectivity index (χ2v) is 7.60. The summed E-state index contributed by atoms with van der Waals surface area (Å²) >= 11 is 1.73. The lowest BCUT2D eigenvalue weighted by Gasteiger charge is -2.22. The number of rotatable bonds is 5. The van der Waals surface area contributed by atoms with Crippen molar-refractivity contribution in [3.63, 3.8) is 0 Å². The third-order valence-corrected chi connectivity index (χ3v) is 5.46. The summed E-state index contributed by atoms with van der Waals surface area (Å²) in [6, 6.07) is 11.4. The summed E-state index contributed by atoms with van der Waals surface area (Å²) in [4.78, 5) is 36.9. The number of aldehydes is 1. The first kappa shape index (κ1) is 18.9. The fraction of sp³-hybridized carbons (Fsp3) is 0.263. The molecule has 0 aromatic heterocycles. The Morgan fingerprint density at radius 3 is 2.89 bits per heavy atom. The van der Waals surface area contributed by atoms with E-state index in [2.05, 4.69) is 6.92 Å². The molecule has 0 fully saturated rings. The van der Waals surface area contributed by atoms with E-state index in [0.29, 0.717) is 18.1 Å². The summed E-state index contributed by atoms with van der Waals surface area (Å²) in [5.41, 5.74) is 0.681. The minimum absolute atomic E-state index is 0.0393. The van der Waals surface area contributed by atoms with Crippen molar-refractivity contribution >= 4 is 35.3 Å². The number of carbonyl (C=O) groups is 2. The number of carbonyl (C=O) groups excluding carboxylic acids is 2. The number of non-ortho nitro benzene ring substituents is 1. The van der Waals surface area contributed by atoms with Crippen LogP contribution in [0, 0.1) is 10.1 Å². The van der Waals surface area contributed by atoms with E-state index < -0.39 is 4.92 Å². The number of ether oxygens (including phenoxy) is 1. The minimum Gasteiger partial charge on any atom is -0.483 e. The van der Waals surface area contributed by atoms with Crippen LogP contribution < -0.4 is 9.64 Å². The minimum atomic E-state index is -0.588. The molecule has 1 atom stereocenters. The van der Waals surface area contributed by atoms with Crippen molar-refractivity contribution in [3.05, 3.63) is 58.1 Å². The topological polar surface area (TPSA) is 89.8 Å². The van der Waals surface area contributed by atoms with Gasteiger partial charge in [0.1, 0.15) is 5.75 Å². The van der Waals surface area contributed by atoms with Crippen molar-refractivity contribution in [1.82, 2.24) is 0 Å². The van der Waals surface area contributed by atoms with Gasteiger partial charge < -0.3 is 9.64 Å². The second-order valence-electron chi connectivity index (χ2n) is 6.12. The van der Waals surface area contributed by atoms with Crippen molar-refractivity contribution in [2.45, 2.75) is 23.5 Å². The summed E-state index contributed by atoms with van der Waals surface area (Å²) in [6.07, 6.45) is 1.33. The largest absolute Gasteiger partial charge is 0.483 e. The molecule has 2 aromatic rings. The van der Waals surface area contributed by atoms with Crippen LogP contribution in [0.25, 0.3) is 0 Å². The number of benzene rings is 2.